The van der Waals surface area contributed by atoms with E-state index in [-0.39, 0.29) is 5.54 Å². The first-order valence-electron chi connectivity index (χ1n) is 8.53. The molecule has 1 saturated carbocycles. The van der Waals surface area contributed by atoms with E-state index in [1.807, 2.05) is 12.3 Å². The van der Waals surface area contributed by atoms with E-state index in [0.29, 0.717) is 6.04 Å². The Hall–Kier alpha value is -0.930. The van der Waals surface area contributed by atoms with E-state index in [4.69, 9.17) is 0 Å². The zero-order valence-corrected chi connectivity index (χ0v) is 13.5. The predicted molar refractivity (Wildman–Crippen MR) is 87.1 cm³/mol. The maximum atomic E-state index is 4.54. The van der Waals surface area contributed by atoms with Crippen LogP contribution in [-0.4, -0.2) is 34.6 Å². The van der Waals surface area contributed by atoms with Crippen LogP contribution in [-0.2, 0) is 6.54 Å². The molecule has 1 aliphatic heterocycles. The molecule has 3 rings (SSSR count). The van der Waals surface area contributed by atoms with Crippen LogP contribution in [0.5, 0.6) is 0 Å². The van der Waals surface area contributed by atoms with E-state index in [0.717, 1.165) is 25.6 Å². The van der Waals surface area contributed by atoms with Gasteiger partial charge in [-0.25, -0.2) is 0 Å². The molecule has 3 nitrogen and oxygen atoms in total. The predicted octanol–water partition coefficient (Wildman–Crippen LogP) is 3.21. The molecular weight excluding hydrogens is 258 g/mol. The van der Waals surface area contributed by atoms with Crippen LogP contribution >= 0.6 is 0 Å². The average Bonchev–Trinajstić information content (AvgIpc) is 2.48. The molecule has 21 heavy (non-hydrogen) atoms. The van der Waals surface area contributed by atoms with E-state index in [9.17, 15) is 0 Å². The van der Waals surface area contributed by atoms with Crippen molar-refractivity contribution in [3.8, 4) is 0 Å². The number of rotatable bonds is 3. The molecule has 1 unspecified atom stereocenters. The van der Waals surface area contributed by atoms with Crippen LogP contribution in [0.15, 0.2) is 24.4 Å². The summed E-state index contributed by atoms with van der Waals surface area (Å²) in [4.78, 5) is 7.23. The monoisotopic (exact) mass is 287 g/mol. The highest BCUT2D eigenvalue weighted by molar-refractivity contribution is 5.05. The maximum absolute atomic E-state index is 4.54. The molecule has 116 valence electrons. The van der Waals surface area contributed by atoms with Gasteiger partial charge in [0.15, 0.2) is 0 Å². The molecule has 0 amide bonds. The summed E-state index contributed by atoms with van der Waals surface area (Å²) < 4.78 is 0. The summed E-state index contributed by atoms with van der Waals surface area (Å²) in [6.07, 6.45) is 9.00. The fraction of sp³-hybridized carbons (Fsp3) is 0.722. The third-order valence-electron chi connectivity index (χ3n) is 5.14. The van der Waals surface area contributed by atoms with Crippen LogP contribution in [0, 0.1) is 5.92 Å². The molecule has 0 aromatic carbocycles. The molecule has 1 aliphatic carbocycles. The van der Waals surface area contributed by atoms with Gasteiger partial charge in [0.25, 0.3) is 0 Å². The van der Waals surface area contributed by atoms with Crippen molar-refractivity contribution >= 4 is 0 Å². The molecule has 2 heterocycles. The Kier molecular flexibility index (Phi) is 4.60. The highest BCUT2D eigenvalue weighted by Gasteiger charge is 2.36. The van der Waals surface area contributed by atoms with E-state index in [1.165, 1.54) is 37.8 Å². The van der Waals surface area contributed by atoms with Gasteiger partial charge in [-0.15, -0.1) is 0 Å². The molecule has 3 heteroatoms. The maximum Gasteiger partial charge on any atom is 0.0544 e. The molecule has 1 atom stereocenters. The summed E-state index contributed by atoms with van der Waals surface area (Å²) in [7, 11) is 0. The molecule has 2 aliphatic rings. The van der Waals surface area contributed by atoms with Crippen molar-refractivity contribution < 1.29 is 0 Å². The summed E-state index contributed by atoms with van der Waals surface area (Å²) >= 11 is 0. The third-order valence-corrected chi connectivity index (χ3v) is 5.14. The Balaban J connectivity index is 1.73. The lowest BCUT2D eigenvalue weighted by molar-refractivity contribution is 0.0410. The van der Waals surface area contributed by atoms with Gasteiger partial charge >= 0.3 is 0 Å². The Morgan fingerprint density at radius 3 is 2.76 bits per heavy atom. The van der Waals surface area contributed by atoms with E-state index < -0.39 is 0 Å². The lowest BCUT2D eigenvalue weighted by atomic mass is 9.81. The van der Waals surface area contributed by atoms with Crippen LogP contribution in [0.4, 0.5) is 0 Å². The van der Waals surface area contributed by atoms with Crippen molar-refractivity contribution in [1.29, 1.82) is 0 Å². The summed E-state index contributed by atoms with van der Waals surface area (Å²) in [5, 5.41) is 3.76. The van der Waals surface area contributed by atoms with Crippen LogP contribution in [0.25, 0.3) is 0 Å². The Morgan fingerprint density at radius 1 is 1.24 bits per heavy atom. The number of nitrogens with zero attached hydrogens (tertiary/aromatic N) is 2. The SMILES string of the molecule is CC1(C)CN(Cc2ccccn2)C(C2CCCCC2)CN1. The molecular formula is C18H29N3. The Labute approximate surface area is 129 Å². The van der Waals surface area contributed by atoms with Crippen LogP contribution in [0.3, 0.4) is 0 Å². The normalized spacial score (nSPS) is 27.6. The summed E-state index contributed by atoms with van der Waals surface area (Å²) in [5.74, 6) is 0.867. The second-order valence-corrected chi connectivity index (χ2v) is 7.46. The summed E-state index contributed by atoms with van der Waals surface area (Å²) in [5.41, 5.74) is 1.41. The van der Waals surface area contributed by atoms with Crippen LogP contribution in [0.2, 0.25) is 0 Å². The van der Waals surface area contributed by atoms with Gasteiger partial charge in [-0.05, 0) is 44.7 Å². The second-order valence-electron chi connectivity index (χ2n) is 7.46. The van der Waals surface area contributed by atoms with Gasteiger partial charge in [0.2, 0.25) is 0 Å². The van der Waals surface area contributed by atoms with Crippen LogP contribution in [0.1, 0.15) is 51.6 Å². The fourth-order valence-electron chi connectivity index (χ4n) is 4.05. The number of pyridine rings is 1. The smallest absolute Gasteiger partial charge is 0.0544 e. The van der Waals surface area contributed by atoms with Gasteiger partial charge in [-0.1, -0.05) is 25.3 Å². The molecule has 0 radical (unpaired) electrons. The van der Waals surface area contributed by atoms with Crippen molar-refractivity contribution in [2.24, 2.45) is 5.92 Å². The number of nitrogens with one attached hydrogen (secondary N) is 1. The van der Waals surface area contributed by atoms with Crippen molar-refractivity contribution in [3.63, 3.8) is 0 Å². The van der Waals surface area contributed by atoms with E-state index >= 15 is 0 Å². The summed E-state index contributed by atoms with van der Waals surface area (Å²) in [6.45, 7) is 7.87. The lowest BCUT2D eigenvalue weighted by Crippen LogP contribution is -2.63. The largest absolute Gasteiger partial charge is 0.309 e. The third kappa shape index (κ3) is 3.83. The highest BCUT2D eigenvalue weighted by Crippen LogP contribution is 2.32. The van der Waals surface area contributed by atoms with Crippen molar-refractivity contribution in [1.82, 2.24) is 15.2 Å². The molecule has 2 fully saturated rings. The number of aromatic nitrogens is 1. The number of piperazine rings is 1. The van der Waals surface area contributed by atoms with Gasteiger partial charge in [-0.3, -0.25) is 9.88 Å². The molecule has 0 bridgehead atoms. The van der Waals surface area contributed by atoms with Crippen molar-refractivity contribution in [2.75, 3.05) is 13.1 Å². The van der Waals surface area contributed by atoms with Gasteiger partial charge in [-0.2, -0.15) is 0 Å². The summed E-state index contributed by atoms with van der Waals surface area (Å²) in [6, 6.07) is 6.95. The molecule has 1 aromatic heterocycles. The highest BCUT2D eigenvalue weighted by atomic mass is 15.3. The Morgan fingerprint density at radius 2 is 2.05 bits per heavy atom. The van der Waals surface area contributed by atoms with Crippen molar-refractivity contribution in [3.05, 3.63) is 30.1 Å². The molecule has 1 aromatic rings. The van der Waals surface area contributed by atoms with E-state index in [2.05, 4.69) is 41.2 Å². The molecule has 0 spiro atoms. The van der Waals surface area contributed by atoms with Crippen molar-refractivity contribution in [2.45, 2.75) is 64.1 Å². The Bertz CT molecular complexity index is 437. The molecule has 1 N–H and O–H groups in total. The van der Waals surface area contributed by atoms with Crippen LogP contribution < -0.4 is 5.32 Å². The first-order chi connectivity index (χ1) is 10.1. The quantitative estimate of drug-likeness (QED) is 0.925. The minimum atomic E-state index is 0.208. The van der Waals surface area contributed by atoms with Gasteiger partial charge in [0.05, 0.1) is 5.69 Å². The fourth-order valence-corrected chi connectivity index (χ4v) is 4.05. The zero-order valence-electron chi connectivity index (χ0n) is 13.5. The zero-order chi connectivity index (χ0) is 14.7. The average molecular weight is 287 g/mol. The minimum absolute atomic E-state index is 0.208. The first kappa shape index (κ1) is 15.0. The topological polar surface area (TPSA) is 28.2 Å². The standard InChI is InChI=1S/C18H29N3/c1-18(2)14-21(13-16-10-6-7-11-19-16)17(12-20-18)15-8-4-3-5-9-15/h6-7,10-11,15,17,20H,3-5,8-9,12-14H2,1-2H3. The second kappa shape index (κ2) is 6.45. The first-order valence-corrected chi connectivity index (χ1v) is 8.53. The van der Waals surface area contributed by atoms with Gasteiger partial charge < -0.3 is 5.32 Å². The lowest BCUT2D eigenvalue weighted by Gasteiger charge is -2.48. The van der Waals surface area contributed by atoms with Gasteiger partial charge in [0.1, 0.15) is 0 Å². The van der Waals surface area contributed by atoms with E-state index in [1.54, 1.807) is 0 Å². The minimum Gasteiger partial charge on any atom is -0.309 e. The molecule has 1 saturated heterocycles. The number of hydrogen-bond acceptors (Lipinski definition) is 3. The number of hydrogen-bond donors (Lipinski definition) is 1. The van der Waals surface area contributed by atoms with Gasteiger partial charge in [0, 0.05) is 37.4 Å².